The molecule has 0 unspecified atom stereocenters. The molecule has 0 spiro atoms. The van der Waals surface area contributed by atoms with E-state index in [0.29, 0.717) is 11.4 Å². The molecule has 0 amide bonds. The Kier molecular flexibility index (Phi) is 3.09. The van der Waals surface area contributed by atoms with Gasteiger partial charge in [0.1, 0.15) is 11.4 Å². The van der Waals surface area contributed by atoms with Gasteiger partial charge in [-0.3, -0.25) is 4.79 Å². The van der Waals surface area contributed by atoms with Gasteiger partial charge in [-0.05, 0) is 38.0 Å². The van der Waals surface area contributed by atoms with Crippen molar-refractivity contribution < 1.29 is 9.84 Å². The van der Waals surface area contributed by atoms with Crippen LogP contribution >= 0.6 is 0 Å². The fraction of sp³-hybridized carbons (Fsp3) is 0.714. The number of hydrogen-bond donors (Lipinski definition) is 2. The zero-order valence-corrected chi connectivity index (χ0v) is 11.2. The molecule has 0 saturated heterocycles. The number of nitrogens with zero attached hydrogens (tertiary/aromatic N) is 1. The van der Waals surface area contributed by atoms with Crippen LogP contribution in [-0.4, -0.2) is 22.2 Å². The Morgan fingerprint density at radius 2 is 2.00 bits per heavy atom. The lowest BCUT2D eigenvalue weighted by Crippen LogP contribution is -2.39. The van der Waals surface area contributed by atoms with E-state index in [4.69, 9.17) is 4.74 Å². The van der Waals surface area contributed by atoms with Crippen molar-refractivity contribution in [3.63, 3.8) is 0 Å². The molecule has 2 fully saturated rings. The second-order valence-electron chi connectivity index (χ2n) is 5.69. The molecule has 19 heavy (non-hydrogen) atoms. The summed E-state index contributed by atoms with van der Waals surface area (Å²) < 4.78 is 5.49. The molecular weight excluding hydrogens is 244 g/mol. The van der Waals surface area contributed by atoms with E-state index in [1.807, 2.05) is 0 Å². The van der Waals surface area contributed by atoms with Gasteiger partial charge < -0.3 is 14.8 Å². The van der Waals surface area contributed by atoms with Gasteiger partial charge in [0.05, 0.1) is 5.56 Å². The van der Waals surface area contributed by atoms with Gasteiger partial charge in [0.2, 0.25) is 5.88 Å². The van der Waals surface area contributed by atoms with E-state index in [0.717, 1.165) is 44.9 Å². The molecule has 0 radical (unpaired) electrons. The van der Waals surface area contributed by atoms with Gasteiger partial charge in [-0.15, -0.1) is 0 Å². The monoisotopic (exact) mass is 264 g/mol. The van der Waals surface area contributed by atoms with E-state index in [9.17, 15) is 9.90 Å². The molecule has 1 heterocycles. The van der Waals surface area contributed by atoms with Crippen molar-refractivity contribution in [3.05, 3.63) is 21.7 Å². The standard InChI is InChI=1S/C14H20N2O3/c1-19-14(7-4-8-14)13-15-11(17)10(12(18)16-13)9-5-2-3-6-9/h9H,2-8H2,1H3,(H2,15,16,17,18). The quantitative estimate of drug-likeness (QED) is 0.877. The van der Waals surface area contributed by atoms with E-state index in [-0.39, 0.29) is 17.4 Å². The van der Waals surface area contributed by atoms with E-state index in [1.54, 1.807) is 7.11 Å². The fourth-order valence-electron chi connectivity index (χ4n) is 3.30. The summed E-state index contributed by atoms with van der Waals surface area (Å²) in [6.45, 7) is 0. The first-order valence-corrected chi connectivity index (χ1v) is 7.05. The van der Waals surface area contributed by atoms with Crippen molar-refractivity contribution in [1.29, 1.82) is 0 Å². The number of methoxy groups -OCH3 is 1. The second kappa shape index (κ2) is 4.63. The number of H-pyrrole nitrogens is 1. The summed E-state index contributed by atoms with van der Waals surface area (Å²) >= 11 is 0. The van der Waals surface area contributed by atoms with Crippen LogP contribution < -0.4 is 5.56 Å². The predicted octanol–water partition coefficient (Wildman–Crippen LogP) is 2.16. The first-order chi connectivity index (χ1) is 9.16. The molecule has 0 aliphatic heterocycles. The molecule has 2 aliphatic carbocycles. The zero-order chi connectivity index (χ0) is 13.5. The minimum Gasteiger partial charge on any atom is -0.493 e. The second-order valence-corrected chi connectivity index (χ2v) is 5.69. The summed E-state index contributed by atoms with van der Waals surface area (Å²) in [5.74, 6) is 0.532. The molecule has 0 bridgehead atoms. The van der Waals surface area contributed by atoms with Crippen molar-refractivity contribution >= 4 is 0 Å². The van der Waals surface area contributed by atoms with Crippen molar-refractivity contribution in [2.45, 2.75) is 56.5 Å². The van der Waals surface area contributed by atoms with Crippen LogP contribution in [0.2, 0.25) is 0 Å². The highest BCUT2D eigenvalue weighted by Gasteiger charge is 2.42. The van der Waals surface area contributed by atoms with E-state index in [2.05, 4.69) is 9.97 Å². The number of aromatic nitrogens is 2. The number of hydrogen-bond acceptors (Lipinski definition) is 4. The third-order valence-electron chi connectivity index (χ3n) is 4.68. The molecule has 104 valence electrons. The molecular formula is C14H20N2O3. The summed E-state index contributed by atoms with van der Waals surface area (Å²) in [5.41, 5.74) is -0.227. The molecule has 3 rings (SSSR count). The minimum atomic E-state index is -0.495. The van der Waals surface area contributed by atoms with Crippen molar-refractivity contribution in [1.82, 2.24) is 9.97 Å². The van der Waals surface area contributed by atoms with Crippen molar-refractivity contribution in [2.24, 2.45) is 0 Å². The van der Waals surface area contributed by atoms with Crippen LogP contribution in [-0.2, 0) is 10.3 Å². The van der Waals surface area contributed by atoms with Gasteiger partial charge >= 0.3 is 0 Å². The van der Waals surface area contributed by atoms with Crippen LogP contribution in [0.25, 0.3) is 0 Å². The maximum Gasteiger partial charge on any atom is 0.258 e. The number of ether oxygens (including phenoxy) is 1. The fourth-order valence-corrected chi connectivity index (χ4v) is 3.30. The first-order valence-electron chi connectivity index (χ1n) is 7.05. The van der Waals surface area contributed by atoms with Crippen molar-refractivity contribution in [2.75, 3.05) is 7.11 Å². The van der Waals surface area contributed by atoms with Crippen LogP contribution in [0, 0.1) is 0 Å². The summed E-state index contributed by atoms with van der Waals surface area (Å²) in [4.78, 5) is 19.3. The minimum absolute atomic E-state index is 0.103. The van der Waals surface area contributed by atoms with E-state index in [1.165, 1.54) is 0 Å². The zero-order valence-electron chi connectivity index (χ0n) is 11.2. The smallest absolute Gasteiger partial charge is 0.258 e. The predicted molar refractivity (Wildman–Crippen MR) is 70.3 cm³/mol. The lowest BCUT2D eigenvalue weighted by Gasteiger charge is -2.39. The van der Waals surface area contributed by atoms with Crippen LogP contribution in [0.15, 0.2) is 4.79 Å². The van der Waals surface area contributed by atoms with Gasteiger partial charge in [-0.1, -0.05) is 12.8 Å². The first kappa shape index (κ1) is 12.7. The van der Waals surface area contributed by atoms with E-state index >= 15 is 0 Å². The normalized spacial score (nSPS) is 22.4. The summed E-state index contributed by atoms with van der Waals surface area (Å²) in [6.07, 6.45) is 6.91. The van der Waals surface area contributed by atoms with Crippen molar-refractivity contribution in [3.8, 4) is 5.88 Å². The lowest BCUT2D eigenvalue weighted by atomic mass is 9.79. The maximum absolute atomic E-state index is 12.2. The molecule has 0 atom stereocenters. The number of nitrogens with one attached hydrogen (secondary N) is 1. The topological polar surface area (TPSA) is 75.2 Å². The van der Waals surface area contributed by atoms with Gasteiger partial charge in [-0.25, -0.2) is 0 Å². The summed E-state index contributed by atoms with van der Waals surface area (Å²) in [7, 11) is 1.63. The summed E-state index contributed by atoms with van der Waals surface area (Å²) in [6, 6.07) is 0. The van der Waals surface area contributed by atoms with Crippen LogP contribution in [0.5, 0.6) is 5.88 Å². The Hall–Kier alpha value is -1.36. The van der Waals surface area contributed by atoms with Gasteiger partial charge in [0.25, 0.3) is 5.56 Å². The largest absolute Gasteiger partial charge is 0.493 e. The molecule has 2 aliphatic rings. The number of rotatable bonds is 3. The Morgan fingerprint density at radius 1 is 1.32 bits per heavy atom. The van der Waals surface area contributed by atoms with Gasteiger partial charge in [0, 0.05) is 7.11 Å². The number of aromatic hydroxyl groups is 1. The summed E-state index contributed by atoms with van der Waals surface area (Å²) in [5, 5.41) is 10.1. The molecule has 2 saturated carbocycles. The Labute approximate surface area is 112 Å². The maximum atomic E-state index is 12.2. The highest BCUT2D eigenvalue weighted by atomic mass is 16.5. The lowest BCUT2D eigenvalue weighted by molar-refractivity contribution is -0.0851. The Morgan fingerprint density at radius 3 is 2.47 bits per heavy atom. The molecule has 1 aromatic rings. The SMILES string of the molecule is COC1(c2nc(O)c(C3CCCC3)c(=O)[nH]2)CCC1. The Balaban J connectivity index is 2.00. The molecule has 0 aromatic carbocycles. The van der Waals surface area contributed by atoms with Gasteiger partial charge in [-0.2, -0.15) is 4.98 Å². The van der Waals surface area contributed by atoms with Crippen LogP contribution in [0.4, 0.5) is 0 Å². The van der Waals surface area contributed by atoms with Crippen LogP contribution in [0.3, 0.4) is 0 Å². The third kappa shape index (κ3) is 1.96. The number of aromatic amines is 1. The average Bonchev–Trinajstić information content (AvgIpc) is 2.81. The average molecular weight is 264 g/mol. The molecule has 2 N–H and O–H groups in total. The molecule has 5 heteroatoms. The molecule has 5 nitrogen and oxygen atoms in total. The Bertz CT molecular complexity index is 522. The van der Waals surface area contributed by atoms with E-state index < -0.39 is 5.60 Å². The van der Waals surface area contributed by atoms with Crippen LogP contribution in [0.1, 0.15) is 62.3 Å². The molecule has 1 aromatic heterocycles. The highest BCUT2D eigenvalue weighted by molar-refractivity contribution is 5.29. The third-order valence-corrected chi connectivity index (χ3v) is 4.68. The highest BCUT2D eigenvalue weighted by Crippen LogP contribution is 2.43. The van der Waals surface area contributed by atoms with Gasteiger partial charge in [0.15, 0.2) is 0 Å².